The van der Waals surface area contributed by atoms with Crippen LogP contribution in [-0.2, 0) is 6.54 Å². The van der Waals surface area contributed by atoms with Crippen molar-refractivity contribution in [1.82, 2.24) is 4.98 Å². The quantitative estimate of drug-likeness (QED) is 0.755. The van der Waals surface area contributed by atoms with Crippen molar-refractivity contribution in [3.63, 3.8) is 0 Å². The minimum atomic E-state index is 0.511. The molecule has 0 bridgehead atoms. The van der Waals surface area contributed by atoms with E-state index in [0.717, 1.165) is 16.9 Å². The third-order valence-electron chi connectivity index (χ3n) is 1.94. The minimum Gasteiger partial charge on any atom is -0.444 e. The van der Waals surface area contributed by atoms with Gasteiger partial charge in [0, 0.05) is 12.1 Å². The van der Waals surface area contributed by atoms with Crippen molar-refractivity contribution in [3.8, 4) is 11.3 Å². The number of oxazole rings is 1. The molecule has 1 heterocycles. The summed E-state index contributed by atoms with van der Waals surface area (Å²) in [7, 11) is 0. The average Bonchev–Trinajstić information content (AvgIpc) is 2.70. The Bertz CT molecular complexity index is 382. The lowest BCUT2D eigenvalue weighted by molar-refractivity contribution is 0.571. The molecule has 0 fully saturated rings. The highest BCUT2D eigenvalue weighted by Crippen LogP contribution is 2.22. The smallest absolute Gasteiger partial charge is 0.181 e. The molecule has 3 heteroatoms. The van der Waals surface area contributed by atoms with Crippen molar-refractivity contribution >= 4 is 0 Å². The summed E-state index contributed by atoms with van der Waals surface area (Å²) in [6, 6.07) is 7.87. The van der Waals surface area contributed by atoms with Gasteiger partial charge in [-0.15, -0.1) is 0 Å². The molecule has 2 N–H and O–H groups in total. The van der Waals surface area contributed by atoms with E-state index in [1.54, 1.807) is 6.20 Å². The number of nitrogens with two attached hydrogens (primary N) is 1. The first kappa shape index (κ1) is 8.01. The molecule has 2 rings (SSSR count). The normalized spacial score (nSPS) is 10.2. The Balaban J connectivity index is 2.51. The Morgan fingerprint density at radius 3 is 2.85 bits per heavy atom. The summed E-state index contributed by atoms with van der Waals surface area (Å²) >= 11 is 0. The molecule has 0 aliphatic heterocycles. The molecular weight excluding hydrogens is 164 g/mol. The zero-order valence-corrected chi connectivity index (χ0v) is 7.10. The summed E-state index contributed by atoms with van der Waals surface area (Å²) in [5.74, 6) is 0.765. The molecule has 0 aliphatic carbocycles. The van der Waals surface area contributed by atoms with Gasteiger partial charge < -0.3 is 10.2 Å². The topological polar surface area (TPSA) is 52.0 Å². The Labute approximate surface area is 76.2 Å². The third kappa shape index (κ3) is 1.46. The summed E-state index contributed by atoms with van der Waals surface area (Å²) in [6.45, 7) is 0.511. The van der Waals surface area contributed by atoms with E-state index in [4.69, 9.17) is 10.2 Å². The predicted molar refractivity (Wildman–Crippen MR) is 49.8 cm³/mol. The summed E-state index contributed by atoms with van der Waals surface area (Å²) in [6.07, 6.45) is 3.11. The van der Waals surface area contributed by atoms with Crippen LogP contribution in [0.25, 0.3) is 11.3 Å². The highest BCUT2D eigenvalue weighted by molar-refractivity contribution is 5.60. The van der Waals surface area contributed by atoms with Gasteiger partial charge >= 0.3 is 0 Å². The van der Waals surface area contributed by atoms with E-state index in [9.17, 15) is 0 Å². The Kier molecular flexibility index (Phi) is 2.10. The molecule has 1 aromatic heterocycles. The second kappa shape index (κ2) is 3.41. The van der Waals surface area contributed by atoms with Crippen LogP contribution in [0.15, 0.2) is 41.3 Å². The fraction of sp³-hybridized carbons (Fsp3) is 0.100. The number of nitrogens with zero attached hydrogens (tertiary/aromatic N) is 1. The van der Waals surface area contributed by atoms with Gasteiger partial charge in [-0.2, -0.15) is 0 Å². The van der Waals surface area contributed by atoms with Crippen molar-refractivity contribution in [2.24, 2.45) is 5.73 Å². The van der Waals surface area contributed by atoms with Crippen LogP contribution >= 0.6 is 0 Å². The Morgan fingerprint density at radius 1 is 1.31 bits per heavy atom. The van der Waals surface area contributed by atoms with Crippen LogP contribution < -0.4 is 5.73 Å². The molecule has 0 saturated heterocycles. The van der Waals surface area contributed by atoms with E-state index in [1.807, 2.05) is 24.3 Å². The van der Waals surface area contributed by atoms with E-state index < -0.39 is 0 Å². The SMILES string of the molecule is NCc1ccccc1-c1cnco1. The van der Waals surface area contributed by atoms with Crippen molar-refractivity contribution < 1.29 is 4.42 Å². The van der Waals surface area contributed by atoms with Gasteiger partial charge in [0.1, 0.15) is 0 Å². The van der Waals surface area contributed by atoms with Gasteiger partial charge in [0.05, 0.1) is 6.20 Å². The maximum absolute atomic E-state index is 5.59. The molecule has 0 spiro atoms. The molecule has 2 aromatic rings. The monoisotopic (exact) mass is 174 g/mol. The van der Waals surface area contributed by atoms with Crippen LogP contribution in [0, 0.1) is 0 Å². The van der Waals surface area contributed by atoms with Gasteiger partial charge in [-0.3, -0.25) is 0 Å². The predicted octanol–water partition coefficient (Wildman–Crippen LogP) is 1.80. The minimum absolute atomic E-state index is 0.511. The first-order valence-corrected chi connectivity index (χ1v) is 4.08. The molecule has 0 atom stereocenters. The standard InChI is InChI=1S/C10H10N2O/c11-5-8-3-1-2-4-9(8)10-6-12-7-13-10/h1-4,6-7H,5,11H2. The summed E-state index contributed by atoms with van der Waals surface area (Å²) < 4.78 is 5.20. The second-order valence-electron chi connectivity index (χ2n) is 2.73. The van der Waals surface area contributed by atoms with Gasteiger partial charge in [0.2, 0.25) is 0 Å². The van der Waals surface area contributed by atoms with Gasteiger partial charge in [-0.25, -0.2) is 4.98 Å². The number of hydrogen-bond donors (Lipinski definition) is 1. The summed E-state index contributed by atoms with van der Waals surface area (Å²) in [4.78, 5) is 3.87. The van der Waals surface area contributed by atoms with E-state index in [-0.39, 0.29) is 0 Å². The number of hydrogen-bond acceptors (Lipinski definition) is 3. The lowest BCUT2D eigenvalue weighted by Gasteiger charge is -2.02. The lowest BCUT2D eigenvalue weighted by Crippen LogP contribution is -1.97. The number of aromatic nitrogens is 1. The average molecular weight is 174 g/mol. The van der Waals surface area contributed by atoms with E-state index in [2.05, 4.69) is 4.98 Å². The van der Waals surface area contributed by atoms with E-state index in [0.29, 0.717) is 6.54 Å². The zero-order valence-electron chi connectivity index (χ0n) is 7.10. The molecule has 1 aromatic carbocycles. The fourth-order valence-corrected chi connectivity index (χ4v) is 1.29. The molecule has 3 nitrogen and oxygen atoms in total. The van der Waals surface area contributed by atoms with Crippen LogP contribution in [0.5, 0.6) is 0 Å². The van der Waals surface area contributed by atoms with Gasteiger partial charge in [-0.05, 0) is 5.56 Å². The zero-order chi connectivity index (χ0) is 9.10. The first-order valence-electron chi connectivity index (χ1n) is 4.08. The highest BCUT2D eigenvalue weighted by Gasteiger charge is 2.04. The summed E-state index contributed by atoms with van der Waals surface area (Å²) in [5, 5.41) is 0. The van der Waals surface area contributed by atoms with Crippen molar-refractivity contribution in [2.45, 2.75) is 6.54 Å². The third-order valence-corrected chi connectivity index (χ3v) is 1.94. The van der Waals surface area contributed by atoms with Gasteiger partial charge in [0.25, 0.3) is 0 Å². The maximum Gasteiger partial charge on any atom is 0.181 e. The molecule has 0 unspecified atom stereocenters. The molecule has 0 radical (unpaired) electrons. The lowest BCUT2D eigenvalue weighted by atomic mass is 10.1. The van der Waals surface area contributed by atoms with E-state index in [1.165, 1.54) is 6.39 Å². The van der Waals surface area contributed by atoms with Crippen LogP contribution in [0.4, 0.5) is 0 Å². The summed E-state index contributed by atoms with van der Waals surface area (Å²) in [5.41, 5.74) is 7.68. The Morgan fingerprint density at radius 2 is 2.15 bits per heavy atom. The second-order valence-corrected chi connectivity index (χ2v) is 2.73. The molecule has 13 heavy (non-hydrogen) atoms. The highest BCUT2D eigenvalue weighted by atomic mass is 16.3. The van der Waals surface area contributed by atoms with Gasteiger partial charge in [0.15, 0.2) is 12.2 Å². The van der Waals surface area contributed by atoms with Crippen molar-refractivity contribution in [3.05, 3.63) is 42.4 Å². The first-order chi connectivity index (χ1) is 6.42. The number of rotatable bonds is 2. The molecule has 0 saturated carbocycles. The van der Waals surface area contributed by atoms with Crippen molar-refractivity contribution in [2.75, 3.05) is 0 Å². The molecule has 0 aliphatic rings. The van der Waals surface area contributed by atoms with Crippen molar-refractivity contribution in [1.29, 1.82) is 0 Å². The molecular formula is C10H10N2O. The van der Waals surface area contributed by atoms with Crippen LogP contribution in [-0.4, -0.2) is 4.98 Å². The maximum atomic E-state index is 5.59. The Hall–Kier alpha value is -1.61. The largest absolute Gasteiger partial charge is 0.444 e. The fourth-order valence-electron chi connectivity index (χ4n) is 1.29. The van der Waals surface area contributed by atoms with Crippen LogP contribution in [0.1, 0.15) is 5.56 Å². The van der Waals surface area contributed by atoms with E-state index >= 15 is 0 Å². The molecule has 0 amide bonds. The molecule has 66 valence electrons. The number of benzene rings is 1. The van der Waals surface area contributed by atoms with Gasteiger partial charge in [-0.1, -0.05) is 24.3 Å². The van der Waals surface area contributed by atoms with Crippen LogP contribution in [0.3, 0.4) is 0 Å². The van der Waals surface area contributed by atoms with Crippen LogP contribution in [0.2, 0.25) is 0 Å².